The number of hydrogen-bond acceptors (Lipinski definition) is 6. The number of amidine groups is 1. The molecule has 3 N–H and O–H groups in total. The Bertz CT molecular complexity index is 568. The zero-order valence-electron chi connectivity index (χ0n) is 9.70. The second-order valence-corrected chi connectivity index (χ2v) is 5.45. The summed E-state index contributed by atoms with van der Waals surface area (Å²) < 4.78 is 5.08. The van der Waals surface area contributed by atoms with E-state index in [1.54, 1.807) is 6.07 Å². The lowest BCUT2D eigenvalue weighted by molar-refractivity contribution is 0.318. The Labute approximate surface area is 113 Å². The van der Waals surface area contributed by atoms with Gasteiger partial charge in [-0.25, -0.2) is 4.98 Å². The van der Waals surface area contributed by atoms with Crippen LogP contribution in [0.5, 0.6) is 0 Å². The number of nitrogens with zero attached hydrogens (tertiary/aromatic N) is 3. The van der Waals surface area contributed by atoms with Crippen LogP contribution < -0.4 is 5.73 Å². The zero-order valence-corrected chi connectivity index (χ0v) is 11.3. The molecule has 0 bridgehead atoms. The molecular weight excluding hydrogens is 268 g/mol. The summed E-state index contributed by atoms with van der Waals surface area (Å²) >= 11 is 2.82. The lowest BCUT2D eigenvalue weighted by Crippen LogP contribution is -2.13. The van der Waals surface area contributed by atoms with Crippen molar-refractivity contribution in [3.8, 4) is 0 Å². The van der Waals surface area contributed by atoms with Crippen LogP contribution in [0.2, 0.25) is 0 Å². The first-order chi connectivity index (χ1) is 8.74. The molecule has 0 aliphatic carbocycles. The molecular formula is C11H12N4OS2. The van der Waals surface area contributed by atoms with E-state index in [0.29, 0.717) is 5.56 Å². The quantitative estimate of drug-likeness (QED) is 0.389. The van der Waals surface area contributed by atoms with Crippen LogP contribution in [0.15, 0.2) is 38.7 Å². The Balaban J connectivity index is 2.28. The summed E-state index contributed by atoms with van der Waals surface area (Å²) in [6, 6.07) is 7.46. The molecule has 1 heterocycles. The van der Waals surface area contributed by atoms with Crippen molar-refractivity contribution in [2.24, 2.45) is 10.9 Å². The molecule has 0 fully saturated rings. The van der Waals surface area contributed by atoms with Gasteiger partial charge >= 0.3 is 0 Å². The first kappa shape index (κ1) is 12.8. The topological polar surface area (TPSA) is 84.4 Å². The molecule has 1 aromatic heterocycles. The molecule has 2 rings (SSSR count). The summed E-state index contributed by atoms with van der Waals surface area (Å²) in [4.78, 5) is 5.27. The number of nitrogens with two attached hydrogens (primary N) is 1. The minimum atomic E-state index is 0.0957. The first-order valence-corrected chi connectivity index (χ1v) is 6.91. The molecule has 7 heteroatoms. The summed E-state index contributed by atoms with van der Waals surface area (Å²) in [7, 11) is 0. The summed E-state index contributed by atoms with van der Waals surface area (Å²) in [5.41, 5.74) is 6.33. The van der Waals surface area contributed by atoms with E-state index in [1.165, 1.54) is 23.3 Å². The largest absolute Gasteiger partial charge is 0.409 e. The fraction of sp³-hybridized carbons (Fsp3) is 0.182. The van der Waals surface area contributed by atoms with Crippen molar-refractivity contribution in [2.45, 2.75) is 22.6 Å². The first-order valence-electron chi connectivity index (χ1n) is 5.32. The van der Waals surface area contributed by atoms with E-state index in [0.717, 1.165) is 21.5 Å². The third-order valence-corrected chi connectivity index (χ3v) is 4.10. The second kappa shape index (κ2) is 5.83. The summed E-state index contributed by atoms with van der Waals surface area (Å²) in [6.07, 6.45) is 0.818. The highest BCUT2D eigenvalue weighted by molar-refractivity contribution is 8.01. The van der Waals surface area contributed by atoms with Crippen molar-refractivity contribution in [2.75, 3.05) is 0 Å². The van der Waals surface area contributed by atoms with Gasteiger partial charge in [-0.1, -0.05) is 42.0 Å². The molecule has 94 valence electrons. The molecule has 0 aliphatic heterocycles. The maximum absolute atomic E-state index is 8.75. The van der Waals surface area contributed by atoms with Gasteiger partial charge < -0.3 is 10.9 Å². The van der Waals surface area contributed by atoms with Crippen molar-refractivity contribution in [1.29, 1.82) is 0 Å². The molecule has 5 nitrogen and oxygen atoms in total. The standard InChI is InChI=1S/C11H12N4OS2/c1-2-9-13-11(18-15-9)17-8-6-4-3-5-7(8)10(12)14-16/h3-6,16H,2H2,1H3,(H2,12,14). The average Bonchev–Trinajstić information content (AvgIpc) is 2.86. The number of benzene rings is 1. The summed E-state index contributed by atoms with van der Waals surface area (Å²) in [5, 5.41) is 11.8. The Hall–Kier alpha value is -1.60. The van der Waals surface area contributed by atoms with Crippen molar-refractivity contribution in [1.82, 2.24) is 9.36 Å². The van der Waals surface area contributed by atoms with Gasteiger partial charge in [0.2, 0.25) is 0 Å². The molecule has 0 unspecified atom stereocenters. The van der Waals surface area contributed by atoms with Crippen LogP contribution in [-0.4, -0.2) is 20.4 Å². The number of rotatable bonds is 4. The van der Waals surface area contributed by atoms with Gasteiger partial charge in [0.25, 0.3) is 0 Å². The Kier molecular flexibility index (Phi) is 4.16. The molecule has 18 heavy (non-hydrogen) atoms. The van der Waals surface area contributed by atoms with Gasteiger partial charge in [0, 0.05) is 16.9 Å². The van der Waals surface area contributed by atoms with E-state index in [-0.39, 0.29) is 5.84 Å². The maximum atomic E-state index is 8.75. The predicted molar refractivity (Wildman–Crippen MR) is 72.4 cm³/mol. The molecule has 0 amide bonds. The van der Waals surface area contributed by atoms with Gasteiger partial charge in [-0.2, -0.15) is 4.37 Å². The molecule has 0 aliphatic rings. The van der Waals surface area contributed by atoms with Gasteiger partial charge in [0.05, 0.1) is 0 Å². The Morgan fingerprint density at radius 2 is 2.28 bits per heavy atom. The Morgan fingerprint density at radius 1 is 1.50 bits per heavy atom. The minimum absolute atomic E-state index is 0.0957. The molecule has 0 spiro atoms. The van der Waals surface area contributed by atoms with Crippen LogP contribution in [0.4, 0.5) is 0 Å². The van der Waals surface area contributed by atoms with E-state index in [4.69, 9.17) is 10.9 Å². The van der Waals surface area contributed by atoms with Crippen LogP contribution in [0.1, 0.15) is 18.3 Å². The van der Waals surface area contributed by atoms with Crippen molar-refractivity contribution in [3.05, 3.63) is 35.7 Å². The van der Waals surface area contributed by atoms with Crippen molar-refractivity contribution < 1.29 is 5.21 Å². The molecule has 0 saturated carbocycles. The minimum Gasteiger partial charge on any atom is -0.409 e. The number of oxime groups is 1. The van der Waals surface area contributed by atoms with E-state index in [9.17, 15) is 0 Å². The van der Waals surface area contributed by atoms with E-state index >= 15 is 0 Å². The average molecular weight is 280 g/mol. The van der Waals surface area contributed by atoms with Crippen LogP contribution in [0.25, 0.3) is 0 Å². The number of aryl methyl sites for hydroxylation is 1. The van der Waals surface area contributed by atoms with Crippen LogP contribution >= 0.6 is 23.3 Å². The Morgan fingerprint density at radius 3 is 2.94 bits per heavy atom. The molecule has 0 saturated heterocycles. The third-order valence-electron chi connectivity index (χ3n) is 2.23. The zero-order chi connectivity index (χ0) is 13.0. The lowest BCUT2D eigenvalue weighted by Gasteiger charge is -2.04. The van der Waals surface area contributed by atoms with Gasteiger partial charge in [-0.15, -0.1) is 0 Å². The van der Waals surface area contributed by atoms with Gasteiger partial charge in [-0.3, -0.25) is 0 Å². The number of hydrogen-bond donors (Lipinski definition) is 2. The van der Waals surface area contributed by atoms with Gasteiger partial charge in [-0.05, 0) is 17.6 Å². The summed E-state index contributed by atoms with van der Waals surface area (Å²) in [6.45, 7) is 2.01. The molecule has 2 aromatic rings. The van der Waals surface area contributed by atoms with Crippen molar-refractivity contribution >= 4 is 29.1 Å². The highest BCUT2D eigenvalue weighted by atomic mass is 32.2. The SMILES string of the molecule is CCc1nsc(Sc2ccccc2C(N)=NO)n1. The smallest absolute Gasteiger partial charge is 0.174 e. The monoisotopic (exact) mass is 280 g/mol. The van der Waals surface area contributed by atoms with E-state index in [2.05, 4.69) is 14.5 Å². The fourth-order valence-electron chi connectivity index (χ4n) is 1.34. The van der Waals surface area contributed by atoms with E-state index in [1.807, 2.05) is 25.1 Å². The fourth-order valence-corrected chi connectivity index (χ4v) is 3.14. The van der Waals surface area contributed by atoms with E-state index < -0.39 is 0 Å². The summed E-state index contributed by atoms with van der Waals surface area (Å²) in [5.74, 6) is 0.933. The highest BCUT2D eigenvalue weighted by Gasteiger charge is 2.10. The molecule has 0 atom stereocenters. The van der Waals surface area contributed by atoms with Crippen LogP contribution in [0, 0.1) is 0 Å². The normalized spacial score (nSPS) is 11.7. The predicted octanol–water partition coefficient (Wildman–Crippen LogP) is 2.35. The number of aromatic nitrogens is 2. The second-order valence-electron chi connectivity index (χ2n) is 3.41. The van der Waals surface area contributed by atoms with Crippen LogP contribution in [-0.2, 0) is 6.42 Å². The molecule has 0 radical (unpaired) electrons. The third kappa shape index (κ3) is 2.80. The van der Waals surface area contributed by atoms with Gasteiger partial charge in [0.15, 0.2) is 10.2 Å². The molecule has 1 aromatic carbocycles. The highest BCUT2D eigenvalue weighted by Crippen LogP contribution is 2.31. The lowest BCUT2D eigenvalue weighted by atomic mass is 10.2. The van der Waals surface area contributed by atoms with Crippen molar-refractivity contribution in [3.63, 3.8) is 0 Å². The maximum Gasteiger partial charge on any atom is 0.174 e. The van der Waals surface area contributed by atoms with Crippen LogP contribution in [0.3, 0.4) is 0 Å². The van der Waals surface area contributed by atoms with Gasteiger partial charge in [0.1, 0.15) is 5.82 Å².